The molecule has 0 spiro atoms. The number of rotatable bonds is 7. The van der Waals surface area contributed by atoms with Gasteiger partial charge in [0.05, 0.1) is 12.5 Å². The third-order valence-corrected chi connectivity index (χ3v) is 3.10. The van der Waals surface area contributed by atoms with Gasteiger partial charge in [0, 0.05) is 25.2 Å². The van der Waals surface area contributed by atoms with Crippen LogP contribution < -0.4 is 21.3 Å². The number of carbonyl (C=O) groups is 4. The lowest BCUT2D eigenvalue weighted by Crippen LogP contribution is -2.37. The Balaban J connectivity index is 1.53. The fourth-order valence-electron chi connectivity index (χ4n) is 1.85. The van der Waals surface area contributed by atoms with Crippen LogP contribution in [0.4, 0.5) is 11.8 Å². The highest BCUT2D eigenvalue weighted by Gasteiger charge is 2.15. The zero-order valence-corrected chi connectivity index (χ0v) is 13.7. The van der Waals surface area contributed by atoms with Crippen LogP contribution in [-0.2, 0) is 19.2 Å². The van der Waals surface area contributed by atoms with Gasteiger partial charge in [0.15, 0.2) is 11.8 Å². The summed E-state index contributed by atoms with van der Waals surface area (Å²) in [5.41, 5.74) is 0. The van der Waals surface area contributed by atoms with Crippen molar-refractivity contribution in [2.24, 2.45) is 0 Å². The van der Waals surface area contributed by atoms with Crippen LogP contribution in [0.15, 0.2) is 45.6 Å². The summed E-state index contributed by atoms with van der Waals surface area (Å²) < 4.78 is 9.79. The number of nitrogens with one attached hydrogen (secondary N) is 4. The quantitative estimate of drug-likeness (QED) is 0.416. The number of furan rings is 2. The first-order valence-electron chi connectivity index (χ1n) is 7.81. The molecule has 2 rings (SSSR count). The number of hydrogen-bond acceptors (Lipinski definition) is 6. The monoisotopic (exact) mass is 362 g/mol. The van der Waals surface area contributed by atoms with Gasteiger partial charge in [-0.1, -0.05) is 0 Å². The summed E-state index contributed by atoms with van der Waals surface area (Å²) in [4.78, 5) is 46.2. The van der Waals surface area contributed by atoms with Crippen LogP contribution in [0.1, 0.15) is 12.8 Å². The predicted molar refractivity (Wildman–Crippen MR) is 89.9 cm³/mol. The van der Waals surface area contributed by atoms with Crippen LogP contribution in [0.5, 0.6) is 0 Å². The van der Waals surface area contributed by atoms with E-state index in [4.69, 9.17) is 8.83 Å². The minimum absolute atomic E-state index is 0.181. The average molecular weight is 362 g/mol. The Kier molecular flexibility index (Phi) is 6.98. The van der Waals surface area contributed by atoms with Crippen molar-refractivity contribution in [1.29, 1.82) is 0 Å². The summed E-state index contributed by atoms with van der Waals surface area (Å²) in [5.74, 6) is -2.88. The molecular weight excluding hydrogens is 344 g/mol. The number of amides is 4. The van der Waals surface area contributed by atoms with Crippen molar-refractivity contribution in [1.82, 2.24) is 10.6 Å². The molecule has 0 bridgehead atoms. The van der Waals surface area contributed by atoms with E-state index < -0.39 is 23.6 Å². The molecular formula is C16H18N4O6. The summed E-state index contributed by atoms with van der Waals surface area (Å²) in [6, 6.07) is 6.18. The van der Waals surface area contributed by atoms with Gasteiger partial charge in [0.25, 0.3) is 0 Å². The van der Waals surface area contributed by atoms with Crippen molar-refractivity contribution in [3.05, 3.63) is 36.8 Å². The zero-order chi connectivity index (χ0) is 18.8. The summed E-state index contributed by atoms with van der Waals surface area (Å²) in [5, 5.41) is 9.46. The molecule has 0 fully saturated rings. The second kappa shape index (κ2) is 9.67. The Morgan fingerprint density at radius 1 is 0.692 bits per heavy atom. The maximum atomic E-state index is 11.6. The van der Waals surface area contributed by atoms with E-state index in [1.807, 2.05) is 0 Å². The molecule has 2 heterocycles. The van der Waals surface area contributed by atoms with Crippen LogP contribution in [-0.4, -0.2) is 36.7 Å². The molecule has 0 aliphatic heterocycles. The van der Waals surface area contributed by atoms with Crippen molar-refractivity contribution in [3.8, 4) is 0 Å². The topological polar surface area (TPSA) is 143 Å². The minimum Gasteiger partial charge on any atom is -0.449 e. The van der Waals surface area contributed by atoms with Crippen LogP contribution in [0.25, 0.3) is 0 Å². The first-order chi connectivity index (χ1) is 12.6. The molecule has 4 N–H and O–H groups in total. The summed E-state index contributed by atoms with van der Waals surface area (Å²) in [7, 11) is 0. The van der Waals surface area contributed by atoms with Gasteiger partial charge in [-0.05, 0) is 25.0 Å². The Morgan fingerprint density at radius 2 is 1.12 bits per heavy atom. The number of anilines is 2. The van der Waals surface area contributed by atoms with Gasteiger partial charge in [-0.3, -0.25) is 29.8 Å². The molecule has 10 nitrogen and oxygen atoms in total. The van der Waals surface area contributed by atoms with Crippen molar-refractivity contribution < 1.29 is 28.0 Å². The molecule has 26 heavy (non-hydrogen) atoms. The molecule has 10 heteroatoms. The number of unbranched alkanes of at least 4 members (excludes halogenated alkanes) is 1. The van der Waals surface area contributed by atoms with Gasteiger partial charge in [-0.2, -0.15) is 0 Å². The van der Waals surface area contributed by atoms with E-state index in [9.17, 15) is 19.2 Å². The third-order valence-electron chi connectivity index (χ3n) is 3.10. The van der Waals surface area contributed by atoms with Crippen LogP contribution in [0, 0.1) is 0 Å². The average Bonchev–Trinajstić information content (AvgIpc) is 3.31. The van der Waals surface area contributed by atoms with Gasteiger partial charge < -0.3 is 19.5 Å². The number of carbonyl (C=O) groups excluding carboxylic acids is 4. The van der Waals surface area contributed by atoms with Crippen molar-refractivity contribution in [2.45, 2.75) is 12.8 Å². The highest BCUT2D eigenvalue weighted by molar-refractivity contribution is 6.39. The highest BCUT2D eigenvalue weighted by atomic mass is 16.3. The predicted octanol–water partition coefficient (Wildman–Crippen LogP) is 0.462. The second-order valence-corrected chi connectivity index (χ2v) is 5.08. The fourth-order valence-corrected chi connectivity index (χ4v) is 1.85. The molecule has 0 aromatic carbocycles. The van der Waals surface area contributed by atoms with Crippen LogP contribution in [0.3, 0.4) is 0 Å². The maximum Gasteiger partial charge on any atom is 0.315 e. The Bertz CT molecular complexity index is 675. The van der Waals surface area contributed by atoms with Gasteiger partial charge in [-0.25, -0.2) is 0 Å². The first kappa shape index (κ1) is 18.8. The summed E-state index contributed by atoms with van der Waals surface area (Å²) >= 11 is 0. The SMILES string of the molecule is O=C(NCCCCNC(=O)C(=O)Nc1ccco1)C(=O)Nc1ccco1. The van der Waals surface area contributed by atoms with Crippen molar-refractivity contribution >= 4 is 35.4 Å². The zero-order valence-electron chi connectivity index (χ0n) is 13.7. The van der Waals surface area contributed by atoms with Crippen molar-refractivity contribution in [2.75, 3.05) is 23.7 Å². The van der Waals surface area contributed by atoms with E-state index in [0.717, 1.165) is 0 Å². The largest absolute Gasteiger partial charge is 0.449 e. The van der Waals surface area contributed by atoms with Crippen molar-refractivity contribution in [3.63, 3.8) is 0 Å². The maximum absolute atomic E-state index is 11.6. The minimum atomic E-state index is -0.831. The van der Waals surface area contributed by atoms with Gasteiger partial charge in [-0.15, -0.1) is 0 Å². The third kappa shape index (κ3) is 6.15. The molecule has 0 aliphatic carbocycles. The van der Waals surface area contributed by atoms with E-state index in [1.165, 1.54) is 24.7 Å². The first-order valence-corrected chi connectivity index (χ1v) is 7.81. The Morgan fingerprint density at radius 3 is 1.46 bits per heavy atom. The van der Waals surface area contributed by atoms with Gasteiger partial charge in [0.1, 0.15) is 0 Å². The lowest BCUT2D eigenvalue weighted by atomic mass is 10.3. The second-order valence-electron chi connectivity index (χ2n) is 5.08. The van der Waals surface area contributed by atoms with Gasteiger partial charge in [0.2, 0.25) is 0 Å². The highest BCUT2D eigenvalue weighted by Crippen LogP contribution is 2.06. The van der Waals surface area contributed by atoms with Gasteiger partial charge >= 0.3 is 23.6 Å². The Labute approximate surface area is 148 Å². The standard InChI is InChI=1S/C16H18N4O6/c21-13(15(23)19-11-5-3-9-25-11)17-7-1-2-8-18-14(22)16(24)20-12-6-4-10-26-12/h3-6,9-10H,1-2,7-8H2,(H,17,21)(H,18,22)(H,19,23)(H,20,24). The van der Waals surface area contributed by atoms with E-state index in [2.05, 4.69) is 21.3 Å². The lowest BCUT2D eigenvalue weighted by molar-refractivity contribution is -0.136. The van der Waals surface area contributed by atoms with E-state index in [0.29, 0.717) is 12.8 Å². The van der Waals surface area contributed by atoms with Crippen LogP contribution >= 0.6 is 0 Å². The van der Waals surface area contributed by atoms with E-state index in [1.54, 1.807) is 12.1 Å². The molecule has 0 atom stereocenters. The van der Waals surface area contributed by atoms with E-state index in [-0.39, 0.29) is 24.9 Å². The smallest absolute Gasteiger partial charge is 0.315 e. The molecule has 0 radical (unpaired) electrons. The lowest BCUT2D eigenvalue weighted by Gasteiger charge is -2.06. The number of hydrogen-bond donors (Lipinski definition) is 4. The molecule has 0 saturated heterocycles. The van der Waals surface area contributed by atoms with E-state index >= 15 is 0 Å². The molecule has 4 amide bonds. The fraction of sp³-hybridized carbons (Fsp3) is 0.250. The molecule has 2 aromatic rings. The summed E-state index contributed by atoms with van der Waals surface area (Å²) in [6.45, 7) is 0.498. The molecule has 2 aromatic heterocycles. The summed E-state index contributed by atoms with van der Waals surface area (Å²) in [6.07, 6.45) is 3.77. The molecule has 0 unspecified atom stereocenters. The molecule has 138 valence electrons. The normalized spacial score (nSPS) is 10.0. The molecule has 0 aliphatic rings. The molecule has 0 saturated carbocycles. The Hall–Kier alpha value is -3.56. The van der Waals surface area contributed by atoms with Crippen LogP contribution in [0.2, 0.25) is 0 Å².